The van der Waals surface area contributed by atoms with Crippen molar-refractivity contribution in [2.24, 2.45) is 5.92 Å². The van der Waals surface area contributed by atoms with Gasteiger partial charge in [-0.25, -0.2) is 0 Å². The molecule has 1 aromatic heterocycles. The summed E-state index contributed by atoms with van der Waals surface area (Å²) in [4.78, 5) is 2.33. The summed E-state index contributed by atoms with van der Waals surface area (Å²) in [5.41, 5.74) is 2.04. The second-order valence-electron chi connectivity index (χ2n) is 6.52. The first-order valence-corrected chi connectivity index (χ1v) is 8.63. The topological polar surface area (TPSA) is 41.3 Å². The minimum atomic E-state index is -0.519. The average Bonchev–Trinajstić information content (AvgIpc) is 2.95. The fraction of sp³-hybridized carbons (Fsp3) is 0.500. The smallest absolute Gasteiger partial charge is 0.0931 e. The molecule has 0 saturated carbocycles. The molecule has 4 nitrogen and oxygen atoms in total. The molecule has 1 fully saturated rings. The maximum atomic E-state index is 10.4. The normalized spacial score (nSPS) is 18.2. The highest BCUT2D eigenvalue weighted by molar-refractivity contribution is 6.31. The number of benzene rings is 1. The van der Waals surface area contributed by atoms with E-state index in [-0.39, 0.29) is 0 Å². The van der Waals surface area contributed by atoms with E-state index >= 15 is 0 Å². The predicted octanol–water partition coefficient (Wildman–Crippen LogP) is 3.29. The van der Waals surface area contributed by atoms with Gasteiger partial charge in [0.2, 0.25) is 0 Å². The van der Waals surface area contributed by atoms with Gasteiger partial charge in [-0.2, -0.15) is 5.10 Å². The Bertz CT molecular complexity index is 635. The SMILES string of the molecule is Cc1cnn(CC2CCN(C[C@@H](O)c3ccccc3Cl)CC2)c1. The largest absolute Gasteiger partial charge is 0.387 e. The molecule has 3 rings (SSSR count). The van der Waals surface area contributed by atoms with Gasteiger partial charge in [-0.3, -0.25) is 4.68 Å². The van der Waals surface area contributed by atoms with Crippen molar-refractivity contribution in [3.05, 3.63) is 52.8 Å². The predicted molar refractivity (Wildman–Crippen MR) is 92.5 cm³/mol. The molecule has 0 bridgehead atoms. The van der Waals surface area contributed by atoms with Crippen LogP contribution in [0.3, 0.4) is 0 Å². The second kappa shape index (κ2) is 7.47. The molecule has 1 N–H and O–H groups in total. The van der Waals surface area contributed by atoms with Crippen LogP contribution in [-0.2, 0) is 6.54 Å². The number of hydrogen-bond acceptors (Lipinski definition) is 3. The summed E-state index contributed by atoms with van der Waals surface area (Å²) in [5.74, 6) is 0.669. The number of aliphatic hydroxyl groups is 1. The molecule has 1 atom stereocenters. The zero-order valence-corrected chi connectivity index (χ0v) is 14.3. The molecule has 23 heavy (non-hydrogen) atoms. The number of piperidine rings is 1. The van der Waals surface area contributed by atoms with Crippen molar-refractivity contribution in [3.63, 3.8) is 0 Å². The Morgan fingerprint density at radius 1 is 1.30 bits per heavy atom. The van der Waals surface area contributed by atoms with Gasteiger partial charge in [-0.1, -0.05) is 29.8 Å². The van der Waals surface area contributed by atoms with Gasteiger partial charge in [-0.05, 0) is 50.4 Å². The molecule has 0 spiro atoms. The summed E-state index contributed by atoms with van der Waals surface area (Å²) in [5, 5.41) is 15.4. The lowest BCUT2D eigenvalue weighted by Gasteiger charge is -2.33. The third-order valence-electron chi connectivity index (χ3n) is 4.61. The van der Waals surface area contributed by atoms with Gasteiger partial charge in [-0.15, -0.1) is 0 Å². The lowest BCUT2D eigenvalue weighted by Crippen LogP contribution is -2.37. The molecular weight excluding hydrogens is 310 g/mol. The van der Waals surface area contributed by atoms with E-state index in [1.807, 2.05) is 35.1 Å². The average molecular weight is 334 g/mol. The van der Waals surface area contributed by atoms with Crippen molar-refractivity contribution in [1.82, 2.24) is 14.7 Å². The van der Waals surface area contributed by atoms with Gasteiger partial charge < -0.3 is 10.0 Å². The van der Waals surface area contributed by atoms with Crippen LogP contribution >= 0.6 is 11.6 Å². The maximum absolute atomic E-state index is 10.4. The van der Waals surface area contributed by atoms with Crippen LogP contribution in [0.2, 0.25) is 5.02 Å². The Kier molecular flexibility index (Phi) is 5.36. The summed E-state index contributed by atoms with van der Waals surface area (Å²) in [6, 6.07) is 7.54. The highest BCUT2D eigenvalue weighted by atomic mass is 35.5. The molecule has 124 valence electrons. The highest BCUT2D eigenvalue weighted by Gasteiger charge is 2.22. The van der Waals surface area contributed by atoms with Crippen LogP contribution < -0.4 is 0 Å². The van der Waals surface area contributed by atoms with E-state index in [1.54, 1.807) is 0 Å². The van der Waals surface area contributed by atoms with Crippen LogP contribution in [0, 0.1) is 12.8 Å². The van der Waals surface area contributed by atoms with Gasteiger partial charge in [0.25, 0.3) is 0 Å². The monoisotopic (exact) mass is 333 g/mol. The molecule has 2 heterocycles. The summed E-state index contributed by atoms with van der Waals surface area (Å²) in [7, 11) is 0. The molecule has 0 amide bonds. The van der Waals surface area contributed by atoms with Crippen molar-refractivity contribution in [2.75, 3.05) is 19.6 Å². The minimum absolute atomic E-state index is 0.519. The first-order chi connectivity index (χ1) is 11.1. The molecule has 5 heteroatoms. The number of likely N-dealkylation sites (tertiary alicyclic amines) is 1. The zero-order chi connectivity index (χ0) is 16.2. The van der Waals surface area contributed by atoms with Crippen molar-refractivity contribution < 1.29 is 5.11 Å². The number of nitrogens with zero attached hydrogens (tertiary/aromatic N) is 3. The summed E-state index contributed by atoms with van der Waals surface area (Å²) in [6.07, 6.45) is 5.79. The van der Waals surface area contributed by atoms with Gasteiger partial charge in [0.15, 0.2) is 0 Å². The zero-order valence-electron chi connectivity index (χ0n) is 13.5. The van der Waals surface area contributed by atoms with Gasteiger partial charge in [0.1, 0.15) is 0 Å². The quantitative estimate of drug-likeness (QED) is 0.912. The van der Waals surface area contributed by atoms with E-state index in [1.165, 1.54) is 5.56 Å². The molecule has 0 aliphatic carbocycles. The van der Waals surface area contributed by atoms with Crippen molar-refractivity contribution in [2.45, 2.75) is 32.4 Å². The van der Waals surface area contributed by atoms with Crippen LogP contribution in [0.5, 0.6) is 0 Å². The first kappa shape index (κ1) is 16.5. The molecule has 2 aromatic rings. The summed E-state index contributed by atoms with van der Waals surface area (Å²) >= 11 is 6.16. The Morgan fingerprint density at radius 3 is 2.70 bits per heavy atom. The molecule has 0 unspecified atom stereocenters. The number of aromatic nitrogens is 2. The minimum Gasteiger partial charge on any atom is -0.387 e. The fourth-order valence-electron chi connectivity index (χ4n) is 3.27. The Hall–Kier alpha value is -1.36. The number of aliphatic hydroxyl groups excluding tert-OH is 1. The van der Waals surface area contributed by atoms with E-state index < -0.39 is 6.10 Å². The second-order valence-corrected chi connectivity index (χ2v) is 6.93. The van der Waals surface area contributed by atoms with Crippen molar-refractivity contribution in [3.8, 4) is 0 Å². The summed E-state index contributed by atoms with van der Waals surface area (Å²) in [6.45, 7) is 5.76. The third-order valence-corrected chi connectivity index (χ3v) is 4.95. The lowest BCUT2D eigenvalue weighted by atomic mass is 9.96. The first-order valence-electron chi connectivity index (χ1n) is 8.25. The van der Waals surface area contributed by atoms with Crippen LogP contribution in [0.25, 0.3) is 0 Å². The molecule has 1 aliphatic rings. The Labute approximate surface area is 142 Å². The van der Waals surface area contributed by atoms with Crippen molar-refractivity contribution >= 4 is 11.6 Å². The lowest BCUT2D eigenvalue weighted by molar-refractivity contribution is 0.0861. The number of β-amino-alcohol motifs (C(OH)–C–C–N with tert-alkyl or cyclic N) is 1. The van der Waals surface area contributed by atoms with Crippen LogP contribution in [0.15, 0.2) is 36.7 Å². The van der Waals surface area contributed by atoms with Crippen LogP contribution in [0.4, 0.5) is 0 Å². The fourth-order valence-corrected chi connectivity index (χ4v) is 3.53. The number of rotatable bonds is 5. The van der Waals surface area contributed by atoms with E-state index in [0.717, 1.165) is 38.0 Å². The maximum Gasteiger partial charge on any atom is 0.0931 e. The van der Waals surface area contributed by atoms with Gasteiger partial charge in [0, 0.05) is 29.9 Å². The molecule has 0 radical (unpaired) electrons. The molecule has 1 saturated heterocycles. The number of hydrogen-bond donors (Lipinski definition) is 1. The third kappa shape index (κ3) is 4.34. The summed E-state index contributed by atoms with van der Waals surface area (Å²) < 4.78 is 2.05. The van der Waals surface area contributed by atoms with E-state index in [0.29, 0.717) is 17.5 Å². The standard InChI is InChI=1S/C18H24ClN3O/c1-14-10-20-22(11-14)12-15-6-8-21(9-7-15)13-18(23)16-4-2-3-5-17(16)19/h2-5,10-11,15,18,23H,6-9,12-13H2,1H3/t18-/m1/s1. The Morgan fingerprint density at radius 2 is 2.04 bits per heavy atom. The highest BCUT2D eigenvalue weighted by Crippen LogP contribution is 2.25. The van der Waals surface area contributed by atoms with Gasteiger partial charge in [0.05, 0.1) is 12.3 Å². The molecular formula is C18H24ClN3O. The number of aryl methyl sites for hydroxylation is 1. The number of halogens is 1. The van der Waals surface area contributed by atoms with Crippen LogP contribution in [-0.4, -0.2) is 39.4 Å². The van der Waals surface area contributed by atoms with Gasteiger partial charge >= 0.3 is 0 Å². The Balaban J connectivity index is 1.48. The molecule has 1 aliphatic heterocycles. The van der Waals surface area contributed by atoms with E-state index in [2.05, 4.69) is 23.1 Å². The van der Waals surface area contributed by atoms with E-state index in [9.17, 15) is 5.11 Å². The van der Waals surface area contributed by atoms with Crippen LogP contribution in [0.1, 0.15) is 30.1 Å². The van der Waals surface area contributed by atoms with Crippen molar-refractivity contribution in [1.29, 1.82) is 0 Å². The molecule has 1 aromatic carbocycles. The van der Waals surface area contributed by atoms with E-state index in [4.69, 9.17) is 11.6 Å².